The van der Waals surface area contributed by atoms with Crippen LogP contribution in [0.5, 0.6) is 0 Å². The topological polar surface area (TPSA) is 101 Å². The van der Waals surface area contributed by atoms with Crippen molar-refractivity contribution in [3.05, 3.63) is 10.4 Å². The standard InChI is InChI=1S/C9H10N5O2/c1-4(2)7(15)13-9-12-6-5(8(16)14-9)10-3-11-6/h3-4H,1-2H3,(H2,12,13,14,15,16). The van der Waals surface area contributed by atoms with Gasteiger partial charge in [-0.25, -0.2) is 10.3 Å². The number of aromatic nitrogens is 2. The zero-order valence-electron chi connectivity index (χ0n) is 8.81. The summed E-state index contributed by atoms with van der Waals surface area (Å²) in [5.41, 5.74) is -0.246. The van der Waals surface area contributed by atoms with Crippen molar-refractivity contribution in [2.45, 2.75) is 13.8 Å². The molecule has 0 aromatic carbocycles. The summed E-state index contributed by atoms with van der Waals surface area (Å²) < 4.78 is 0. The Kier molecular flexibility index (Phi) is 2.43. The molecule has 2 N–H and O–H groups in total. The van der Waals surface area contributed by atoms with Gasteiger partial charge in [0, 0.05) is 5.92 Å². The number of hydrogen-bond donors (Lipinski definition) is 2. The van der Waals surface area contributed by atoms with Crippen molar-refractivity contribution in [3.8, 4) is 0 Å². The Bertz CT molecular complexity index is 517. The maximum atomic E-state index is 11.5. The number of rotatable bonds is 2. The largest absolute Gasteiger partial charge is 0.296 e. The summed E-state index contributed by atoms with van der Waals surface area (Å²) in [7, 11) is 0. The number of amides is 1. The molecular formula is C9H10N5O2. The van der Waals surface area contributed by atoms with E-state index in [-0.39, 0.29) is 29.3 Å². The fourth-order valence-electron chi connectivity index (χ4n) is 1.12. The van der Waals surface area contributed by atoms with Gasteiger partial charge in [-0.1, -0.05) is 13.8 Å². The molecule has 7 heteroatoms. The van der Waals surface area contributed by atoms with Crippen molar-refractivity contribution in [1.29, 1.82) is 0 Å². The molecule has 1 radical (unpaired) electrons. The molecule has 0 aliphatic carbocycles. The number of carbonyl (C=O) groups is 1. The number of H-pyrrole nitrogens is 1. The van der Waals surface area contributed by atoms with Crippen LogP contribution in [0.15, 0.2) is 9.79 Å². The molecule has 1 aliphatic heterocycles. The molecule has 2 rings (SSSR count). The van der Waals surface area contributed by atoms with Crippen LogP contribution in [-0.4, -0.2) is 22.2 Å². The summed E-state index contributed by atoms with van der Waals surface area (Å²) in [6.45, 7) is 3.49. The molecule has 7 nitrogen and oxygen atoms in total. The molecule has 1 aromatic heterocycles. The quantitative estimate of drug-likeness (QED) is 0.747. The van der Waals surface area contributed by atoms with Crippen LogP contribution in [0.1, 0.15) is 13.8 Å². The average molecular weight is 220 g/mol. The summed E-state index contributed by atoms with van der Waals surface area (Å²) >= 11 is 0. The summed E-state index contributed by atoms with van der Waals surface area (Å²) in [5, 5.41) is 6.29. The van der Waals surface area contributed by atoms with E-state index in [1.54, 1.807) is 13.8 Å². The summed E-state index contributed by atoms with van der Waals surface area (Å²) in [6, 6.07) is 0. The van der Waals surface area contributed by atoms with Crippen LogP contribution in [0.3, 0.4) is 0 Å². The minimum absolute atomic E-state index is 0.0942. The molecule has 83 valence electrons. The van der Waals surface area contributed by atoms with E-state index < -0.39 is 5.56 Å². The van der Waals surface area contributed by atoms with Crippen LogP contribution < -0.4 is 16.2 Å². The van der Waals surface area contributed by atoms with E-state index in [1.165, 1.54) is 6.34 Å². The molecule has 0 saturated heterocycles. The number of nitrogens with zero attached hydrogens (tertiary/aromatic N) is 3. The van der Waals surface area contributed by atoms with Gasteiger partial charge in [0.25, 0.3) is 5.56 Å². The first-order valence-corrected chi connectivity index (χ1v) is 4.76. The lowest BCUT2D eigenvalue weighted by atomic mass is 10.2. The molecule has 0 fully saturated rings. The van der Waals surface area contributed by atoms with E-state index in [2.05, 4.69) is 25.6 Å². The molecule has 0 saturated carbocycles. The van der Waals surface area contributed by atoms with Crippen LogP contribution in [0.2, 0.25) is 0 Å². The van der Waals surface area contributed by atoms with Gasteiger partial charge in [0.1, 0.15) is 6.34 Å². The number of fused-ring (bicyclic) bond motifs is 1. The Hall–Kier alpha value is -2.18. The van der Waals surface area contributed by atoms with E-state index in [0.717, 1.165) is 0 Å². The number of hydrogen-bond acceptors (Lipinski definition) is 4. The predicted molar refractivity (Wildman–Crippen MR) is 58.3 cm³/mol. The average Bonchev–Trinajstić information content (AvgIpc) is 2.65. The second-order valence-corrected chi connectivity index (χ2v) is 3.60. The van der Waals surface area contributed by atoms with Gasteiger partial charge in [-0.15, -0.1) is 0 Å². The van der Waals surface area contributed by atoms with Crippen molar-refractivity contribution < 1.29 is 4.79 Å². The van der Waals surface area contributed by atoms with E-state index in [1.807, 2.05) is 0 Å². The van der Waals surface area contributed by atoms with Crippen LogP contribution in [0.4, 0.5) is 17.5 Å². The molecule has 2 heterocycles. The Labute approximate surface area is 91.0 Å². The maximum absolute atomic E-state index is 11.5. The van der Waals surface area contributed by atoms with Gasteiger partial charge in [-0.05, 0) is 0 Å². The lowest BCUT2D eigenvalue weighted by molar-refractivity contribution is -0.118. The maximum Gasteiger partial charge on any atom is 0.280 e. The third-order valence-corrected chi connectivity index (χ3v) is 2.01. The number of aliphatic imine (C=N–C) groups is 1. The third-order valence-electron chi connectivity index (χ3n) is 2.01. The van der Waals surface area contributed by atoms with Crippen molar-refractivity contribution in [2.75, 3.05) is 5.32 Å². The van der Waals surface area contributed by atoms with Crippen molar-refractivity contribution in [1.82, 2.24) is 15.3 Å². The molecule has 1 aliphatic rings. The molecule has 1 aromatic rings. The first kappa shape index (κ1) is 10.3. The van der Waals surface area contributed by atoms with Gasteiger partial charge in [0.2, 0.25) is 11.9 Å². The zero-order chi connectivity index (χ0) is 11.7. The fourth-order valence-corrected chi connectivity index (χ4v) is 1.12. The first-order valence-electron chi connectivity index (χ1n) is 4.76. The van der Waals surface area contributed by atoms with Crippen molar-refractivity contribution in [3.63, 3.8) is 0 Å². The van der Waals surface area contributed by atoms with Gasteiger partial charge in [-0.2, -0.15) is 4.98 Å². The number of anilines is 1. The summed E-state index contributed by atoms with van der Waals surface area (Å²) in [5.74, 6) is -0.0896. The van der Waals surface area contributed by atoms with E-state index in [4.69, 9.17) is 0 Å². The Balaban J connectivity index is 2.29. The minimum atomic E-state index is -0.415. The zero-order valence-corrected chi connectivity index (χ0v) is 8.81. The minimum Gasteiger partial charge on any atom is -0.296 e. The Morgan fingerprint density at radius 2 is 2.25 bits per heavy atom. The molecule has 0 unspecified atom stereocenters. The van der Waals surface area contributed by atoms with Gasteiger partial charge in [0.05, 0.1) is 0 Å². The van der Waals surface area contributed by atoms with E-state index >= 15 is 0 Å². The van der Waals surface area contributed by atoms with Gasteiger partial charge in [0.15, 0.2) is 11.5 Å². The Morgan fingerprint density at radius 3 is 2.94 bits per heavy atom. The number of nitrogens with one attached hydrogen (secondary N) is 2. The van der Waals surface area contributed by atoms with Crippen LogP contribution in [0, 0.1) is 5.92 Å². The summed E-state index contributed by atoms with van der Waals surface area (Å²) in [6.07, 6.45) is 1.25. The molecule has 0 spiro atoms. The van der Waals surface area contributed by atoms with Crippen LogP contribution in [0.25, 0.3) is 0 Å². The molecule has 1 amide bonds. The second kappa shape index (κ2) is 3.76. The molecule has 16 heavy (non-hydrogen) atoms. The van der Waals surface area contributed by atoms with E-state index in [9.17, 15) is 9.59 Å². The summed E-state index contributed by atoms with van der Waals surface area (Å²) in [4.78, 5) is 33.0. The third kappa shape index (κ3) is 1.79. The Morgan fingerprint density at radius 1 is 1.50 bits per heavy atom. The normalized spacial score (nSPS) is 12.4. The van der Waals surface area contributed by atoms with Gasteiger partial charge >= 0.3 is 0 Å². The lowest BCUT2D eigenvalue weighted by Crippen LogP contribution is -2.22. The lowest BCUT2D eigenvalue weighted by Gasteiger charge is -2.06. The smallest absolute Gasteiger partial charge is 0.280 e. The fraction of sp³-hybridized carbons (Fsp3) is 0.333. The molecular weight excluding hydrogens is 210 g/mol. The van der Waals surface area contributed by atoms with E-state index in [0.29, 0.717) is 0 Å². The highest BCUT2D eigenvalue weighted by atomic mass is 16.2. The SMILES string of the molecule is CC(C)C(=O)Nc1nc2c(c(=O)[nH]1)N=C[N]2. The van der Waals surface area contributed by atoms with Crippen molar-refractivity contribution in [2.24, 2.45) is 10.9 Å². The second-order valence-electron chi connectivity index (χ2n) is 3.60. The predicted octanol–water partition coefficient (Wildman–Crippen LogP) is 0.274. The monoisotopic (exact) mass is 220 g/mol. The van der Waals surface area contributed by atoms with Gasteiger partial charge in [-0.3, -0.25) is 19.9 Å². The van der Waals surface area contributed by atoms with Gasteiger partial charge < -0.3 is 0 Å². The highest BCUT2D eigenvalue weighted by Gasteiger charge is 2.16. The molecule has 0 atom stereocenters. The van der Waals surface area contributed by atoms with Crippen LogP contribution in [-0.2, 0) is 4.79 Å². The molecule has 0 bridgehead atoms. The number of aromatic amines is 1. The van der Waals surface area contributed by atoms with Crippen molar-refractivity contribution >= 4 is 29.7 Å². The van der Waals surface area contributed by atoms with Crippen LogP contribution >= 0.6 is 0 Å². The highest BCUT2D eigenvalue weighted by Crippen LogP contribution is 2.21. The number of carbonyl (C=O) groups excluding carboxylic acids is 1. The first-order chi connectivity index (χ1) is 7.58. The highest BCUT2D eigenvalue weighted by molar-refractivity contribution is 5.91.